The molecular formula is C21H21N7O2. The second-order valence-corrected chi connectivity index (χ2v) is 7.46. The minimum atomic E-state index is -0.480. The average Bonchev–Trinajstić information content (AvgIpc) is 3.37. The Labute approximate surface area is 170 Å². The lowest BCUT2D eigenvalue weighted by molar-refractivity contribution is 0.454. The zero-order valence-corrected chi connectivity index (χ0v) is 16.3. The third-order valence-electron chi connectivity index (χ3n) is 5.04. The van der Waals surface area contributed by atoms with Crippen LogP contribution in [0, 0.1) is 0 Å². The number of benzene rings is 1. The third kappa shape index (κ3) is 3.57. The van der Waals surface area contributed by atoms with Crippen molar-refractivity contribution in [3.05, 3.63) is 75.0 Å². The van der Waals surface area contributed by atoms with Gasteiger partial charge in [0.25, 0.3) is 0 Å². The number of aromatic amines is 2. The number of anilines is 1. The van der Waals surface area contributed by atoms with Crippen molar-refractivity contribution in [2.75, 3.05) is 5.32 Å². The number of hydrogen-bond donors (Lipinski definition) is 4. The first-order valence-electron chi connectivity index (χ1n) is 9.84. The maximum Gasteiger partial charge on any atom is 0.326 e. The average molecular weight is 403 g/mol. The Morgan fingerprint density at radius 1 is 1.30 bits per heavy atom. The van der Waals surface area contributed by atoms with E-state index in [0.717, 1.165) is 23.9 Å². The molecule has 1 atom stereocenters. The summed E-state index contributed by atoms with van der Waals surface area (Å²) in [5.74, 6) is 0.453. The smallest absolute Gasteiger partial charge is 0.326 e. The Morgan fingerprint density at radius 3 is 2.80 bits per heavy atom. The Balaban J connectivity index is 1.63. The molecule has 0 radical (unpaired) electrons. The molecule has 3 aromatic heterocycles. The molecule has 0 aliphatic heterocycles. The molecule has 0 saturated heterocycles. The monoisotopic (exact) mass is 403 g/mol. The maximum atomic E-state index is 11.4. The first-order chi connectivity index (χ1) is 14.6. The number of nitrogens with zero attached hydrogens (tertiary/aromatic N) is 4. The third-order valence-corrected chi connectivity index (χ3v) is 5.04. The first kappa shape index (κ1) is 18.2. The Hall–Kier alpha value is -3.88. The lowest BCUT2D eigenvalue weighted by Gasteiger charge is -2.15. The predicted molar refractivity (Wildman–Crippen MR) is 112 cm³/mol. The van der Waals surface area contributed by atoms with Gasteiger partial charge in [0.05, 0.1) is 12.2 Å². The van der Waals surface area contributed by atoms with Gasteiger partial charge >= 0.3 is 5.69 Å². The number of imidazole rings is 1. The second kappa shape index (κ2) is 7.18. The molecule has 1 aliphatic rings. The first-order valence-corrected chi connectivity index (χ1v) is 9.84. The summed E-state index contributed by atoms with van der Waals surface area (Å²) in [7, 11) is 0. The van der Waals surface area contributed by atoms with E-state index in [9.17, 15) is 9.90 Å². The predicted octanol–water partition coefficient (Wildman–Crippen LogP) is 1.24. The number of aromatic hydroxyl groups is 1. The second-order valence-electron chi connectivity index (χ2n) is 7.46. The fourth-order valence-electron chi connectivity index (χ4n) is 3.32. The molecule has 1 aliphatic carbocycles. The van der Waals surface area contributed by atoms with Crippen LogP contribution in [-0.2, 0) is 0 Å². The summed E-state index contributed by atoms with van der Waals surface area (Å²) in [5.41, 5.74) is 2.24. The van der Waals surface area contributed by atoms with Crippen molar-refractivity contribution in [3.8, 4) is 5.88 Å². The number of aromatic nitrogens is 5. The zero-order valence-electron chi connectivity index (χ0n) is 16.3. The summed E-state index contributed by atoms with van der Waals surface area (Å²) in [4.78, 5) is 25.8. The van der Waals surface area contributed by atoms with Gasteiger partial charge in [-0.2, -0.15) is 9.61 Å². The highest BCUT2D eigenvalue weighted by Gasteiger charge is 2.20. The molecule has 30 heavy (non-hydrogen) atoms. The van der Waals surface area contributed by atoms with E-state index in [-0.39, 0.29) is 17.6 Å². The molecule has 4 aromatic rings. The van der Waals surface area contributed by atoms with E-state index in [2.05, 4.69) is 39.4 Å². The quantitative estimate of drug-likeness (QED) is 0.399. The summed E-state index contributed by atoms with van der Waals surface area (Å²) >= 11 is 0. The van der Waals surface area contributed by atoms with Gasteiger partial charge in [-0.05, 0) is 31.4 Å². The van der Waals surface area contributed by atoms with E-state index in [1.54, 1.807) is 16.8 Å². The molecule has 1 aromatic carbocycles. The summed E-state index contributed by atoms with van der Waals surface area (Å²) < 4.78 is 1.68. The zero-order chi connectivity index (χ0) is 20.7. The van der Waals surface area contributed by atoms with Crippen LogP contribution in [0.1, 0.15) is 37.1 Å². The van der Waals surface area contributed by atoms with E-state index in [1.807, 2.05) is 24.3 Å². The van der Waals surface area contributed by atoms with Gasteiger partial charge in [0, 0.05) is 17.3 Å². The molecule has 0 bridgehead atoms. The van der Waals surface area contributed by atoms with Crippen LogP contribution in [0.4, 0.5) is 5.82 Å². The molecule has 1 fully saturated rings. The van der Waals surface area contributed by atoms with Gasteiger partial charge in [-0.15, -0.1) is 0 Å². The minimum Gasteiger partial charge on any atom is -0.493 e. The Morgan fingerprint density at radius 2 is 2.10 bits per heavy atom. The van der Waals surface area contributed by atoms with Crippen molar-refractivity contribution >= 4 is 17.5 Å². The van der Waals surface area contributed by atoms with E-state index in [4.69, 9.17) is 9.98 Å². The number of fused-ring (bicyclic) bond motifs is 1. The van der Waals surface area contributed by atoms with Crippen LogP contribution in [0.3, 0.4) is 0 Å². The van der Waals surface area contributed by atoms with E-state index in [1.165, 1.54) is 0 Å². The summed E-state index contributed by atoms with van der Waals surface area (Å²) in [6.07, 6.45) is 5.43. The fourth-order valence-corrected chi connectivity index (χ4v) is 3.32. The van der Waals surface area contributed by atoms with Crippen LogP contribution < -0.4 is 21.7 Å². The van der Waals surface area contributed by atoms with Crippen molar-refractivity contribution in [1.29, 1.82) is 0 Å². The highest BCUT2D eigenvalue weighted by atomic mass is 16.3. The molecule has 0 unspecified atom stereocenters. The standard InChI is InChI=1S/C21H21N7O2/c1-12(13-5-3-2-4-6-13)23-17-10-18(24-15-7-8-15)28-19(26-17)14(11-22-28)9-16-20(29)27-21(30)25-16/h2-6,9-12,15,23,29H,7-8H2,1H3,(H2,25,27,30)/b14-9+,24-18?/t12-/m1/s1. The summed E-state index contributed by atoms with van der Waals surface area (Å²) in [6, 6.07) is 12.4. The minimum absolute atomic E-state index is 0.0512. The molecule has 4 N–H and O–H groups in total. The van der Waals surface area contributed by atoms with Crippen LogP contribution >= 0.6 is 0 Å². The van der Waals surface area contributed by atoms with Crippen LogP contribution in [0.25, 0.3) is 11.7 Å². The number of rotatable bonds is 5. The van der Waals surface area contributed by atoms with E-state index in [0.29, 0.717) is 22.7 Å². The van der Waals surface area contributed by atoms with E-state index >= 15 is 0 Å². The molecule has 0 amide bonds. The number of hydrogen-bond acceptors (Lipinski definition) is 6. The van der Waals surface area contributed by atoms with Gasteiger partial charge in [-0.25, -0.2) is 9.78 Å². The van der Waals surface area contributed by atoms with Gasteiger partial charge in [0.15, 0.2) is 11.1 Å². The van der Waals surface area contributed by atoms with E-state index < -0.39 is 5.69 Å². The van der Waals surface area contributed by atoms with Crippen LogP contribution in [0.5, 0.6) is 5.88 Å². The Kier molecular flexibility index (Phi) is 4.35. The topological polar surface area (TPSA) is 123 Å². The Bertz CT molecular complexity index is 1380. The summed E-state index contributed by atoms with van der Waals surface area (Å²) in [5, 5.41) is 18.4. The van der Waals surface area contributed by atoms with Gasteiger partial charge in [-0.3, -0.25) is 9.98 Å². The molecule has 1 saturated carbocycles. The molecule has 3 heterocycles. The summed E-state index contributed by atoms with van der Waals surface area (Å²) in [6.45, 7) is 2.07. The number of H-pyrrole nitrogens is 2. The van der Waals surface area contributed by atoms with Crippen LogP contribution in [0.2, 0.25) is 0 Å². The molecule has 9 nitrogen and oxygen atoms in total. The maximum absolute atomic E-state index is 11.4. The lowest BCUT2D eigenvalue weighted by Crippen LogP contribution is -2.21. The van der Waals surface area contributed by atoms with Crippen molar-refractivity contribution in [2.24, 2.45) is 4.99 Å². The molecule has 9 heteroatoms. The molecule has 5 rings (SSSR count). The normalized spacial score (nSPS) is 16.3. The largest absolute Gasteiger partial charge is 0.493 e. The van der Waals surface area contributed by atoms with Crippen molar-refractivity contribution in [3.63, 3.8) is 0 Å². The van der Waals surface area contributed by atoms with Crippen LogP contribution in [0.15, 0.2) is 52.4 Å². The number of nitrogens with one attached hydrogen (secondary N) is 3. The lowest BCUT2D eigenvalue weighted by atomic mass is 10.1. The SMILES string of the molecule is C[C@@H](Nc1cc(=NC2CC2)n2nc/c(=C\c3[nH]c(=O)[nH]c3O)c2n1)c1ccccc1. The van der Waals surface area contributed by atoms with Crippen molar-refractivity contribution in [1.82, 2.24) is 24.6 Å². The molecular weight excluding hydrogens is 382 g/mol. The van der Waals surface area contributed by atoms with Crippen LogP contribution in [-0.4, -0.2) is 35.7 Å². The van der Waals surface area contributed by atoms with Gasteiger partial charge in [0.1, 0.15) is 11.5 Å². The van der Waals surface area contributed by atoms with Gasteiger partial charge < -0.3 is 15.4 Å². The fraction of sp³-hybridized carbons (Fsp3) is 0.238. The highest BCUT2D eigenvalue weighted by Crippen LogP contribution is 2.23. The van der Waals surface area contributed by atoms with Gasteiger partial charge in [-0.1, -0.05) is 30.3 Å². The molecule has 0 spiro atoms. The van der Waals surface area contributed by atoms with Gasteiger partial charge in [0.2, 0.25) is 5.88 Å². The van der Waals surface area contributed by atoms with Crippen molar-refractivity contribution < 1.29 is 5.11 Å². The molecule has 152 valence electrons. The highest BCUT2D eigenvalue weighted by molar-refractivity contribution is 5.58. The van der Waals surface area contributed by atoms with Crippen molar-refractivity contribution in [2.45, 2.75) is 31.8 Å².